The first kappa shape index (κ1) is 22.7. The minimum atomic E-state index is -0.284. The maximum absolute atomic E-state index is 12.3. The van der Waals surface area contributed by atoms with E-state index in [-0.39, 0.29) is 18.0 Å². The van der Waals surface area contributed by atoms with E-state index in [0.717, 1.165) is 22.2 Å². The number of methoxy groups -OCH3 is 1. The standard InChI is InChI=1S/C28H24N2O4/c1-33-28-18-26(34-19-23-4-2-3-14-29-23)11-8-21(28)7-10-25(32)17-24(31)9-5-20-6-12-27-22(16-20)13-15-30-27/h2-16,18,30H,17,19H2,1H3. The van der Waals surface area contributed by atoms with E-state index in [1.807, 2.05) is 48.7 Å². The lowest BCUT2D eigenvalue weighted by atomic mass is 10.1. The smallest absolute Gasteiger partial charge is 0.163 e. The van der Waals surface area contributed by atoms with E-state index in [9.17, 15) is 9.59 Å². The van der Waals surface area contributed by atoms with Crippen molar-refractivity contribution in [3.63, 3.8) is 0 Å². The maximum Gasteiger partial charge on any atom is 0.163 e. The van der Waals surface area contributed by atoms with Crippen molar-refractivity contribution in [3.05, 3.63) is 102 Å². The minimum Gasteiger partial charge on any atom is -0.496 e. The molecule has 2 aromatic heterocycles. The zero-order valence-electron chi connectivity index (χ0n) is 18.7. The van der Waals surface area contributed by atoms with Gasteiger partial charge in [0.15, 0.2) is 11.6 Å². The number of nitrogens with one attached hydrogen (secondary N) is 1. The summed E-state index contributed by atoms with van der Waals surface area (Å²) in [7, 11) is 1.55. The third kappa shape index (κ3) is 6.07. The lowest BCUT2D eigenvalue weighted by Gasteiger charge is -2.09. The Morgan fingerprint density at radius 2 is 1.82 bits per heavy atom. The van der Waals surface area contributed by atoms with Gasteiger partial charge in [0.2, 0.25) is 0 Å². The van der Waals surface area contributed by atoms with Crippen molar-refractivity contribution in [2.45, 2.75) is 13.0 Å². The summed E-state index contributed by atoms with van der Waals surface area (Å²) in [5, 5.41) is 1.07. The Bertz CT molecular complexity index is 1350. The number of ether oxygens (including phenoxy) is 2. The van der Waals surface area contributed by atoms with Gasteiger partial charge >= 0.3 is 0 Å². The summed E-state index contributed by atoms with van der Waals surface area (Å²) in [6, 6.07) is 18.8. The number of fused-ring (bicyclic) bond motifs is 1. The van der Waals surface area contributed by atoms with Crippen LogP contribution in [0.2, 0.25) is 0 Å². The monoisotopic (exact) mass is 452 g/mol. The average molecular weight is 453 g/mol. The Morgan fingerprint density at radius 3 is 2.62 bits per heavy atom. The zero-order valence-corrected chi connectivity index (χ0v) is 18.7. The molecule has 0 bridgehead atoms. The van der Waals surface area contributed by atoms with Gasteiger partial charge in [0.25, 0.3) is 0 Å². The SMILES string of the molecule is COc1cc(OCc2ccccn2)ccc1C=CC(=O)CC(=O)C=Cc1ccc2[nH]ccc2c1. The Hall–Kier alpha value is -4.45. The quantitative estimate of drug-likeness (QED) is 0.257. The van der Waals surface area contributed by atoms with Crippen LogP contribution in [0.4, 0.5) is 0 Å². The van der Waals surface area contributed by atoms with Crippen LogP contribution >= 0.6 is 0 Å². The number of rotatable bonds is 10. The van der Waals surface area contributed by atoms with Gasteiger partial charge in [-0.3, -0.25) is 14.6 Å². The van der Waals surface area contributed by atoms with Crippen molar-refractivity contribution in [3.8, 4) is 11.5 Å². The van der Waals surface area contributed by atoms with Crippen molar-refractivity contribution < 1.29 is 19.1 Å². The summed E-state index contributed by atoms with van der Waals surface area (Å²) in [6.45, 7) is 0.340. The van der Waals surface area contributed by atoms with E-state index >= 15 is 0 Å². The molecule has 0 aliphatic carbocycles. The van der Waals surface area contributed by atoms with Crippen molar-refractivity contribution in [2.24, 2.45) is 0 Å². The first-order valence-corrected chi connectivity index (χ1v) is 10.8. The number of carbonyl (C=O) groups excluding carboxylic acids is 2. The number of benzene rings is 2. The minimum absolute atomic E-state index is 0.201. The lowest BCUT2D eigenvalue weighted by Crippen LogP contribution is -2.02. The third-order valence-electron chi connectivity index (χ3n) is 5.15. The van der Waals surface area contributed by atoms with Crippen LogP contribution in [0, 0.1) is 0 Å². The van der Waals surface area contributed by atoms with E-state index in [4.69, 9.17) is 9.47 Å². The highest BCUT2D eigenvalue weighted by atomic mass is 16.5. The van der Waals surface area contributed by atoms with Gasteiger partial charge in [-0.05, 0) is 71.6 Å². The van der Waals surface area contributed by atoms with Crippen LogP contribution in [-0.4, -0.2) is 28.6 Å². The predicted molar refractivity (Wildman–Crippen MR) is 133 cm³/mol. The van der Waals surface area contributed by atoms with Gasteiger partial charge in [0.05, 0.1) is 19.2 Å². The summed E-state index contributed by atoms with van der Waals surface area (Å²) in [5.41, 5.74) is 3.47. The molecule has 0 fully saturated rings. The number of aromatic nitrogens is 2. The summed E-state index contributed by atoms with van der Waals surface area (Å²) in [5.74, 6) is 0.653. The second kappa shape index (κ2) is 10.9. The van der Waals surface area contributed by atoms with E-state index in [1.165, 1.54) is 12.2 Å². The summed E-state index contributed by atoms with van der Waals surface area (Å²) in [4.78, 5) is 31.9. The van der Waals surface area contributed by atoms with Crippen molar-refractivity contribution >= 4 is 34.6 Å². The molecule has 0 amide bonds. The molecule has 0 saturated carbocycles. The molecule has 34 heavy (non-hydrogen) atoms. The summed E-state index contributed by atoms with van der Waals surface area (Å²) < 4.78 is 11.2. The number of pyridine rings is 1. The lowest BCUT2D eigenvalue weighted by molar-refractivity contribution is -0.121. The second-order valence-corrected chi connectivity index (χ2v) is 7.61. The molecule has 0 saturated heterocycles. The highest BCUT2D eigenvalue weighted by Crippen LogP contribution is 2.26. The van der Waals surface area contributed by atoms with Crippen LogP contribution < -0.4 is 9.47 Å². The van der Waals surface area contributed by atoms with Crippen LogP contribution in [0.15, 0.2) is 85.2 Å². The van der Waals surface area contributed by atoms with Crippen molar-refractivity contribution in [1.29, 1.82) is 0 Å². The molecule has 0 aliphatic heterocycles. The molecule has 1 N–H and O–H groups in total. The summed E-state index contributed by atoms with van der Waals surface area (Å²) >= 11 is 0. The van der Waals surface area contributed by atoms with Crippen LogP contribution in [0.3, 0.4) is 0 Å². The third-order valence-corrected chi connectivity index (χ3v) is 5.15. The average Bonchev–Trinajstić information content (AvgIpc) is 3.34. The number of hydrogen-bond acceptors (Lipinski definition) is 5. The van der Waals surface area contributed by atoms with E-state index in [0.29, 0.717) is 23.7 Å². The van der Waals surface area contributed by atoms with E-state index in [1.54, 1.807) is 43.7 Å². The van der Waals surface area contributed by atoms with Gasteiger partial charge in [-0.15, -0.1) is 0 Å². The van der Waals surface area contributed by atoms with Gasteiger partial charge in [0, 0.05) is 29.5 Å². The summed E-state index contributed by atoms with van der Waals surface area (Å²) in [6.07, 6.45) is 9.57. The number of carbonyl (C=O) groups is 2. The zero-order chi connectivity index (χ0) is 23.8. The van der Waals surface area contributed by atoms with Crippen LogP contribution in [0.5, 0.6) is 11.5 Å². The number of allylic oxidation sites excluding steroid dienone is 2. The molecule has 0 unspecified atom stereocenters. The fourth-order valence-corrected chi connectivity index (χ4v) is 3.40. The molecule has 0 radical (unpaired) electrons. The van der Waals surface area contributed by atoms with Gasteiger partial charge in [0.1, 0.15) is 18.1 Å². The number of hydrogen-bond donors (Lipinski definition) is 1. The van der Waals surface area contributed by atoms with Crippen LogP contribution in [-0.2, 0) is 16.2 Å². The molecular weight excluding hydrogens is 428 g/mol. The molecule has 4 rings (SSSR count). The molecular formula is C28H24N2O4. The molecule has 4 aromatic rings. The first-order chi connectivity index (χ1) is 16.6. The molecule has 0 aliphatic rings. The highest BCUT2D eigenvalue weighted by Gasteiger charge is 2.07. The van der Waals surface area contributed by atoms with Gasteiger partial charge in [-0.2, -0.15) is 0 Å². The number of nitrogens with zero attached hydrogens (tertiary/aromatic N) is 1. The molecule has 170 valence electrons. The Balaban J connectivity index is 1.33. The number of H-pyrrole nitrogens is 1. The molecule has 0 atom stereocenters. The Morgan fingerprint density at radius 1 is 0.971 bits per heavy atom. The predicted octanol–water partition coefficient (Wildman–Crippen LogP) is 5.41. The first-order valence-electron chi connectivity index (χ1n) is 10.8. The van der Waals surface area contributed by atoms with E-state index in [2.05, 4.69) is 9.97 Å². The van der Waals surface area contributed by atoms with Crippen LogP contribution in [0.25, 0.3) is 23.1 Å². The van der Waals surface area contributed by atoms with Gasteiger partial charge in [-0.1, -0.05) is 18.2 Å². The van der Waals surface area contributed by atoms with Crippen LogP contribution in [0.1, 0.15) is 23.2 Å². The molecule has 6 nitrogen and oxygen atoms in total. The normalized spacial score (nSPS) is 11.3. The molecule has 2 heterocycles. The molecule has 0 spiro atoms. The van der Waals surface area contributed by atoms with Gasteiger partial charge in [-0.25, -0.2) is 0 Å². The van der Waals surface area contributed by atoms with Crippen molar-refractivity contribution in [2.75, 3.05) is 7.11 Å². The molecule has 2 aromatic carbocycles. The van der Waals surface area contributed by atoms with Crippen molar-refractivity contribution in [1.82, 2.24) is 9.97 Å². The Labute approximate surface area is 197 Å². The highest BCUT2D eigenvalue weighted by molar-refractivity contribution is 6.11. The molecule has 6 heteroatoms. The largest absolute Gasteiger partial charge is 0.496 e. The topological polar surface area (TPSA) is 81.3 Å². The maximum atomic E-state index is 12.3. The van der Waals surface area contributed by atoms with E-state index < -0.39 is 0 Å². The van der Waals surface area contributed by atoms with Gasteiger partial charge < -0.3 is 14.5 Å². The number of aromatic amines is 1. The fourth-order valence-electron chi connectivity index (χ4n) is 3.40. The Kier molecular flexibility index (Phi) is 7.30. The fraction of sp³-hybridized carbons (Fsp3) is 0.107. The second-order valence-electron chi connectivity index (χ2n) is 7.61. The number of ketones is 2.